The molecule has 0 aromatic heterocycles. The maximum absolute atomic E-state index is 11.0. The lowest BCUT2D eigenvalue weighted by atomic mass is 10.4. The number of carbonyl (C=O) groups excluding carboxylic acids is 2. The highest BCUT2D eigenvalue weighted by Crippen LogP contribution is 2.11. The molecule has 0 bridgehead atoms. The molecular weight excluding hydrogens is 174 g/mol. The smallest absolute Gasteiger partial charge is 0.253 e. The lowest BCUT2D eigenvalue weighted by molar-refractivity contribution is -0.187. The number of nitrogens with zero attached hydrogens (tertiary/aromatic N) is 1. The van der Waals surface area contributed by atoms with Crippen molar-refractivity contribution in [3.8, 4) is 0 Å². The average Bonchev–Trinajstić information content (AvgIpc) is 2.35. The van der Waals surface area contributed by atoms with E-state index >= 15 is 0 Å². The first-order chi connectivity index (χ1) is 5.75. The van der Waals surface area contributed by atoms with Crippen LogP contribution in [0.15, 0.2) is 0 Å². The second-order valence-electron chi connectivity index (χ2n) is 2.77. The summed E-state index contributed by atoms with van der Waals surface area (Å²) in [5.41, 5.74) is 0. The molecule has 0 saturated carbocycles. The van der Waals surface area contributed by atoms with Gasteiger partial charge in [-0.3, -0.25) is 14.4 Å². The first kappa shape index (κ1) is 12.1. The summed E-state index contributed by atoms with van der Waals surface area (Å²) in [5, 5.41) is 0.898. The minimum atomic E-state index is -0.212. The molecule has 0 atom stereocenters. The summed E-state index contributed by atoms with van der Waals surface area (Å²) in [6, 6.07) is 0. The summed E-state index contributed by atoms with van der Waals surface area (Å²) in [4.78, 5) is 26.9. The molecule has 2 amide bonds. The highest BCUT2D eigenvalue weighted by Gasteiger charge is 2.29. The zero-order valence-electron chi connectivity index (χ0n) is 7.71. The Bertz CT molecular complexity index is 177. The van der Waals surface area contributed by atoms with E-state index in [4.69, 9.17) is 4.84 Å². The van der Waals surface area contributed by atoms with Gasteiger partial charge in [0.05, 0.1) is 6.61 Å². The molecule has 1 saturated heterocycles. The summed E-state index contributed by atoms with van der Waals surface area (Å²) in [5.74, 6) is -0.424. The number of amides is 2. The first-order valence-corrected chi connectivity index (χ1v) is 4.24. The summed E-state index contributed by atoms with van der Waals surface area (Å²) in [7, 11) is 0. The lowest BCUT2D eigenvalue weighted by Gasteiger charge is -2.12. The Hall–Kier alpha value is -0.940. The van der Waals surface area contributed by atoms with Crippen molar-refractivity contribution < 1.29 is 19.9 Å². The van der Waals surface area contributed by atoms with E-state index in [0.717, 1.165) is 17.9 Å². The highest BCUT2D eigenvalue weighted by molar-refractivity contribution is 6.00. The van der Waals surface area contributed by atoms with E-state index in [0.29, 0.717) is 19.4 Å². The molecular formula is C8H15NO4. The second kappa shape index (κ2) is 5.66. The Morgan fingerprint density at radius 1 is 1.31 bits per heavy atom. The van der Waals surface area contributed by atoms with E-state index in [1.54, 1.807) is 0 Å². The molecule has 5 nitrogen and oxygen atoms in total. The molecule has 0 unspecified atom stereocenters. The van der Waals surface area contributed by atoms with Crippen molar-refractivity contribution >= 4 is 11.8 Å². The fourth-order valence-electron chi connectivity index (χ4n) is 1.00. The molecule has 2 N–H and O–H groups in total. The first-order valence-electron chi connectivity index (χ1n) is 4.24. The van der Waals surface area contributed by atoms with Gasteiger partial charge in [-0.1, -0.05) is 13.3 Å². The molecule has 0 radical (unpaired) electrons. The standard InChI is InChI=1S/C8H13NO3.H2O/c1-2-3-6-12-9-7(10)4-5-8(9)11;/h2-6H2,1H3;1H2. The molecule has 5 heteroatoms. The summed E-state index contributed by atoms with van der Waals surface area (Å²) < 4.78 is 0. The van der Waals surface area contributed by atoms with E-state index in [-0.39, 0.29) is 17.3 Å². The maximum Gasteiger partial charge on any atom is 0.253 e. The van der Waals surface area contributed by atoms with Crippen molar-refractivity contribution in [2.75, 3.05) is 6.61 Å². The molecule has 0 spiro atoms. The molecule has 1 heterocycles. The number of unbranched alkanes of at least 4 members (excludes halogenated alkanes) is 1. The minimum Gasteiger partial charge on any atom is -0.412 e. The largest absolute Gasteiger partial charge is 0.412 e. The quantitative estimate of drug-likeness (QED) is 0.462. The Morgan fingerprint density at radius 2 is 1.85 bits per heavy atom. The monoisotopic (exact) mass is 189 g/mol. The van der Waals surface area contributed by atoms with E-state index in [9.17, 15) is 9.59 Å². The fraction of sp³-hybridized carbons (Fsp3) is 0.750. The fourth-order valence-corrected chi connectivity index (χ4v) is 1.00. The second-order valence-corrected chi connectivity index (χ2v) is 2.77. The summed E-state index contributed by atoms with van der Waals surface area (Å²) in [6.45, 7) is 2.48. The van der Waals surface area contributed by atoms with Crippen LogP contribution in [0.2, 0.25) is 0 Å². The molecule has 1 aliphatic heterocycles. The third-order valence-electron chi connectivity index (χ3n) is 1.72. The van der Waals surface area contributed by atoms with Gasteiger partial charge < -0.3 is 5.48 Å². The maximum atomic E-state index is 11.0. The van der Waals surface area contributed by atoms with E-state index in [1.807, 2.05) is 6.92 Å². The van der Waals surface area contributed by atoms with Gasteiger partial charge in [0, 0.05) is 12.8 Å². The number of carbonyl (C=O) groups is 2. The molecule has 76 valence electrons. The summed E-state index contributed by atoms with van der Waals surface area (Å²) >= 11 is 0. The van der Waals surface area contributed by atoms with Gasteiger partial charge in [-0.05, 0) is 6.42 Å². The predicted molar refractivity (Wildman–Crippen MR) is 45.6 cm³/mol. The van der Waals surface area contributed by atoms with Crippen molar-refractivity contribution in [3.05, 3.63) is 0 Å². The topological polar surface area (TPSA) is 78.1 Å². The van der Waals surface area contributed by atoms with Crippen molar-refractivity contribution in [3.63, 3.8) is 0 Å². The number of imide groups is 1. The van der Waals surface area contributed by atoms with Crippen LogP contribution in [0.4, 0.5) is 0 Å². The van der Waals surface area contributed by atoms with Crippen LogP contribution in [0, 0.1) is 0 Å². The number of rotatable bonds is 4. The highest BCUT2D eigenvalue weighted by atomic mass is 16.7. The van der Waals surface area contributed by atoms with E-state index in [1.165, 1.54) is 0 Å². The van der Waals surface area contributed by atoms with Crippen molar-refractivity contribution in [1.29, 1.82) is 0 Å². The zero-order chi connectivity index (χ0) is 8.97. The molecule has 13 heavy (non-hydrogen) atoms. The molecule has 1 rings (SSSR count). The van der Waals surface area contributed by atoms with Gasteiger partial charge >= 0.3 is 0 Å². The van der Waals surface area contributed by atoms with Gasteiger partial charge in [0.1, 0.15) is 0 Å². The lowest BCUT2D eigenvalue weighted by Crippen LogP contribution is -2.29. The normalized spacial score (nSPS) is 16.2. The van der Waals surface area contributed by atoms with Gasteiger partial charge in [0.15, 0.2) is 0 Å². The number of hydrogen-bond donors (Lipinski definition) is 0. The number of hydrogen-bond acceptors (Lipinski definition) is 3. The van der Waals surface area contributed by atoms with E-state index in [2.05, 4.69) is 0 Å². The van der Waals surface area contributed by atoms with Crippen LogP contribution in [-0.2, 0) is 14.4 Å². The van der Waals surface area contributed by atoms with Crippen molar-refractivity contribution in [2.24, 2.45) is 0 Å². The van der Waals surface area contributed by atoms with Crippen LogP contribution in [0.5, 0.6) is 0 Å². The van der Waals surface area contributed by atoms with Crippen LogP contribution in [0.25, 0.3) is 0 Å². The average molecular weight is 189 g/mol. The Labute approximate surface area is 76.9 Å². The Balaban J connectivity index is 0.00000144. The molecule has 1 fully saturated rings. The summed E-state index contributed by atoms with van der Waals surface area (Å²) in [6.07, 6.45) is 2.46. The predicted octanol–water partition coefficient (Wildman–Crippen LogP) is 0.0424. The molecule has 1 aliphatic rings. The minimum absolute atomic E-state index is 0. The molecule has 0 aromatic carbocycles. The van der Waals surface area contributed by atoms with Crippen LogP contribution >= 0.6 is 0 Å². The number of hydroxylamine groups is 2. The van der Waals surface area contributed by atoms with Gasteiger partial charge in [0.25, 0.3) is 11.8 Å². The van der Waals surface area contributed by atoms with Crippen LogP contribution in [-0.4, -0.2) is 29.0 Å². The van der Waals surface area contributed by atoms with Crippen molar-refractivity contribution in [1.82, 2.24) is 5.06 Å². The van der Waals surface area contributed by atoms with Crippen molar-refractivity contribution in [2.45, 2.75) is 32.6 Å². The van der Waals surface area contributed by atoms with Crippen LogP contribution in [0.1, 0.15) is 32.6 Å². The van der Waals surface area contributed by atoms with Crippen LogP contribution in [0.3, 0.4) is 0 Å². The molecule has 0 aromatic rings. The van der Waals surface area contributed by atoms with Gasteiger partial charge in [0.2, 0.25) is 0 Å². The third-order valence-corrected chi connectivity index (χ3v) is 1.72. The van der Waals surface area contributed by atoms with Gasteiger partial charge in [-0.2, -0.15) is 5.06 Å². The Kier molecular flexibility index (Phi) is 5.25. The van der Waals surface area contributed by atoms with Gasteiger partial charge in [-0.15, -0.1) is 0 Å². The van der Waals surface area contributed by atoms with Gasteiger partial charge in [-0.25, -0.2) is 0 Å². The zero-order valence-corrected chi connectivity index (χ0v) is 7.71. The molecule has 0 aliphatic carbocycles. The SMILES string of the molecule is CCCCON1C(=O)CCC1=O.O. The van der Waals surface area contributed by atoms with Crippen LogP contribution < -0.4 is 0 Å². The third kappa shape index (κ3) is 3.12. The van der Waals surface area contributed by atoms with E-state index < -0.39 is 0 Å². The Morgan fingerprint density at radius 3 is 2.31 bits per heavy atom.